The fraction of sp³-hybridized carbons (Fsp3) is 0.474. The molecule has 0 aromatic heterocycles. The molecule has 7 nitrogen and oxygen atoms in total. The summed E-state index contributed by atoms with van der Waals surface area (Å²) in [5.74, 6) is 10.3. The van der Waals surface area contributed by atoms with Crippen molar-refractivity contribution in [1.82, 2.24) is 0 Å². The van der Waals surface area contributed by atoms with Gasteiger partial charge in [0.15, 0.2) is 12.4 Å². The highest BCUT2D eigenvalue weighted by Crippen LogP contribution is 2.23. The molecule has 1 aliphatic heterocycles. The minimum absolute atomic E-state index is 0.588. The van der Waals surface area contributed by atoms with E-state index in [-0.39, 0.29) is 0 Å². The van der Waals surface area contributed by atoms with Gasteiger partial charge in [-0.15, -0.1) is 0 Å². The molecule has 0 bridgehead atoms. The summed E-state index contributed by atoms with van der Waals surface area (Å²) < 4.78 is 10.7. The van der Waals surface area contributed by atoms with Gasteiger partial charge in [-0.05, 0) is 24.8 Å². The van der Waals surface area contributed by atoms with Crippen LogP contribution in [0.3, 0.4) is 0 Å². The van der Waals surface area contributed by atoms with E-state index in [1.165, 1.54) is 18.2 Å². The molecule has 1 fully saturated rings. The smallest absolute Gasteiger partial charge is 0.188 e. The summed E-state index contributed by atoms with van der Waals surface area (Å²) in [5.41, 5.74) is 0. The predicted molar refractivity (Wildman–Crippen MR) is 94.4 cm³/mol. The first kappa shape index (κ1) is 22.1. The first-order chi connectivity index (χ1) is 12.5. The van der Waals surface area contributed by atoms with Crippen LogP contribution in [0, 0.1) is 23.7 Å². The Bertz CT molecular complexity index is 617. The van der Waals surface area contributed by atoms with E-state index in [9.17, 15) is 25.5 Å². The van der Waals surface area contributed by atoms with Crippen LogP contribution in [-0.2, 0) is 9.47 Å². The van der Waals surface area contributed by atoms with E-state index in [0.717, 1.165) is 0 Å². The SMILES string of the molecule is C=C/C=C\[C@H](O)[C@@H](C#CC#C/C=C/C)O[C@@H]1O[C@H](CO)[C@@H](O)[C@H](O)[C@H]1O. The van der Waals surface area contributed by atoms with Gasteiger partial charge in [0.25, 0.3) is 0 Å². The summed E-state index contributed by atoms with van der Waals surface area (Å²) in [6.45, 7) is 4.71. The second-order valence-corrected chi connectivity index (χ2v) is 5.40. The Morgan fingerprint density at radius 3 is 2.54 bits per heavy atom. The summed E-state index contributed by atoms with van der Waals surface area (Å²) in [5, 5.41) is 49.0. The number of hydrogen-bond acceptors (Lipinski definition) is 7. The zero-order chi connectivity index (χ0) is 19.5. The highest BCUT2D eigenvalue weighted by Gasteiger charge is 2.45. The van der Waals surface area contributed by atoms with Crippen molar-refractivity contribution in [3.8, 4) is 23.7 Å². The van der Waals surface area contributed by atoms with Crippen LogP contribution >= 0.6 is 0 Å². The summed E-state index contributed by atoms with van der Waals surface area (Å²) in [4.78, 5) is 0. The third-order valence-corrected chi connectivity index (χ3v) is 3.48. The number of allylic oxidation sites excluding steroid dienone is 4. The zero-order valence-electron chi connectivity index (χ0n) is 14.4. The molecule has 26 heavy (non-hydrogen) atoms. The van der Waals surface area contributed by atoms with Gasteiger partial charge in [0.1, 0.15) is 30.5 Å². The van der Waals surface area contributed by atoms with Gasteiger partial charge in [-0.2, -0.15) is 0 Å². The fourth-order valence-corrected chi connectivity index (χ4v) is 2.09. The summed E-state index contributed by atoms with van der Waals surface area (Å²) in [7, 11) is 0. The Morgan fingerprint density at radius 2 is 1.92 bits per heavy atom. The number of rotatable bonds is 6. The minimum atomic E-state index is -1.60. The van der Waals surface area contributed by atoms with Crippen molar-refractivity contribution >= 4 is 0 Å². The van der Waals surface area contributed by atoms with Gasteiger partial charge in [0.2, 0.25) is 0 Å². The quantitative estimate of drug-likeness (QED) is 0.298. The number of hydrogen-bond donors (Lipinski definition) is 5. The van der Waals surface area contributed by atoms with Gasteiger partial charge in [-0.3, -0.25) is 0 Å². The Morgan fingerprint density at radius 1 is 1.19 bits per heavy atom. The van der Waals surface area contributed by atoms with Crippen LogP contribution < -0.4 is 0 Å². The normalized spacial score (nSPS) is 30.9. The van der Waals surface area contributed by atoms with E-state index in [0.29, 0.717) is 0 Å². The molecule has 5 N–H and O–H groups in total. The van der Waals surface area contributed by atoms with Gasteiger partial charge in [-0.1, -0.05) is 42.7 Å². The highest BCUT2D eigenvalue weighted by molar-refractivity contribution is 5.32. The Kier molecular flexibility index (Phi) is 9.89. The molecule has 1 aliphatic rings. The zero-order valence-corrected chi connectivity index (χ0v) is 14.4. The van der Waals surface area contributed by atoms with E-state index in [2.05, 4.69) is 30.3 Å². The lowest BCUT2D eigenvalue weighted by molar-refractivity contribution is -0.310. The summed E-state index contributed by atoms with van der Waals surface area (Å²) in [6.07, 6.45) is -1.93. The van der Waals surface area contributed by atoms with Crippen molar-refractivity contribution < 1.29 is 35.0 Å². The maximum atomic E-state index is 10.2. The maximum absolute atomic E-state index is 10.2. The van der Waals surface area contributed by atoms with E-state index >= 15 is 0 Å². The molecule has 1 heterocycles. The molecule has 7 atom stereocenters. The molecule has 7 heteroatoms. The average Bonchev–Trinajstić information content (AvgIpc) is 2.64. The number of aliphatic hydroxyl groups is 5. The average molecular weight is 364 g/mol. The highest BCUT2D eigenvalue weighted by atomic mass is 16.7. The van der Waals surface area contributed by atoms with Crippen LogP contribution in [0.15, 0.2) is 37.0 Å². The third kappa shape index (κ3) is 6.41. The van der Waals surface area contributed by atoms with E-state index in [1.807, 2.05) is 0 Å². The molecule has 0 aromatic rings. The molecule has 1 rings (SSSR count). The molecule has 0 aliphatic carbocycles. The largest absolute Gasteiger partial charge is 0.394 e. The first-order valence-corrected chi connectivity index (χ1v) is 8.01. The minimum Gasteiger partial charge on any atom is -0.394 e. The number of ether oxygens (including phenoxy) is 2. The topological polar surface area (TPSA) is 120 Å². The lowest BCUT2D eigenvalue weighted by Gasteiger charge is -2.40. The monoisotopic (exact) mass is 364 g/mol. The van der Waals surface area contributed by atoms with Crippen LogP contribution in [0.25, 0.3) is 0 Å². The number of aliphatic hydroxyl groups excluding tert-OH is 5. The lowest BCUT2D eigenvalue weighted by Crippen LogP contribution is -2.60. The lowest BCUT2D eigenvalue weighted by atomic mass is 9.99. The molecule has 0 aromatic carbocycles. The molecule has 142 valence electrons. The van der Waals surface area contributed by atoms with E-state index < -0.39 is 49.5 Å². The van der Waals surface area contributed by atoms with Crippen molar-refractivity contribution in [2.24, 2.45) is 0 Å². The van der Waals surface area contributed by atoms with Crippen molar-refractivity contribution in [1.29, 1.82) is 0 Å². The molecule has 0 amide bonds. The van der Waals surface area contributed by atoms with Gasteiger partial charge < -0.3 is 35.0 Å². The van der Waals surface area contributed by atoms with Crippen LogP contribution in [0.5, 0.6) is 0 Å². The van der Waals surface area contributed by atoms with Gasteiger partial charge >= 0.3 is 0 Å². The summed E-state index contributed by atoms with van der Waals surface area (Å²) >= 11 is 0. The van der Waals surface area contributed by atoms with E-state index in [1.54, 1.807) is 19.1 Å². The Hall–Kier alpha value is -1.94. The molecular formula is C19H24O7. The Labute approximate surface area is 152 Å². The van der Waals surface area contributed by atoms with Crippen molar-refractivity contribution in [2.45, 2.75) is 49.8 Å². The van der Waals surface area contributed by atoms with Gasteiger partial charge in [0.05, 0.1) is 6.61 Å². The molecule has 0 unspecified atom stereocenters. The third-order valence-electron chi connectivity index (χ3n) is 3.48. The van der Waals surface area contributed by atoms with Crippen molar-refractivity contribution in [3.63, 3.8) is 0 Å². The molecule has 0 radical (unpaired) electrons. The standard InChI is InChI=1S/C19H24O7/c1-3-5-7-8-9-11-14(13(21)10-6-4-2)25-19-18(24)17(23)16(22)15(12-20)26-19/h3-6,10,13-24H,2,12H2,1H3/b5-3+,10-6-/t13-,14+,15+,16+,17-,18+,19+/m0/s1. The van der Waals surface area contributed by atoms with Gasteiger partial charge in [0, 0.05) is 0 Å². The molecule has 0 spiro atoms. The van der Waals surface area contributed by atoms with Crippen molar-refractivity contribution in [3.05, 3.63) is 37.0 Å². The van der Waals surface area contributed by atoms with Gasteiger partial charge in [-0.25, -0.2) is 0 Å². The summed E-state index contributed by atoms with van der Waals surface area (Å²) in [6, 6.07) is 0. The van der Waals surface area contributed by atoms with Crippen LogP contribution in [0.1, 0.15) is 6.92 Å². The van der Waals surface area contributed by atoms with Crippen LogP contribution in [0.2, 0.25) is 0 Å². The first-order valence-electron chi connectivity index (χ1n) is 8.01. The maximum Gasteiger partial charge on any atom is 0.188 e. The van der Waals surface area contributed by atoms with Crippen molar-refractivity contribution in [2.75, 3.05) is 6.61 Å². The van der Waals surface area contributed by atoms with Crippen LogP contribution in [0.4, 0.5) is 0 Å². The fourth-order valence-electron chi connectivity index (χ4n) is 2.09. The predicted octanol–water partition coefficient (Wildman–Crippen LogP) is -1.14. The molecule has 0 saturated carbocycles. The van der Waals surface area contributed by atoms with Crippen LogP contribution in [-0.4, -0.2) is 75.1 Å². The Balaban J connectivity index is 2.97. The molecule has 1 saturated heterocycles. The molecular weight excluding hydrogens is 340 g/mol. The second kappa shape index (κ2) is 11.6. The second-order valence-electron chi connectivity index (χ2n) is 5.40. The van der Waals surface area contributed by atoms with E-state index in [4.69, 9.17) is 9.47 Å².